The van der Waals surface area contributed by atoms with Crippen LogP contribution in [0.5, 0.6) is 5.88 Å². The van der Waals surface area contributed by atoms with Crippen LogP contribution >= 0.6 is 0 Å². The Balaban J connectivity index is 1.79. The molecule has 90 valence electrons. The van der Waals surface area contributed by atoms with E-state index in [2.05, 4.69) is 15.1 Å². The molecule has 1 aliphatic rings. The van der Waals surface area contributed by atoms with E-state index in [0.29, 0.717) is 18.1 Å². The minimum atomic E-state index is 0.340. The van der Waals surface area contributed by atoms with Gasteiger partial charge in [0.15, 0.2) is 0 Å². The molecule has 17 heavy (non-hydrogen) atoms. The molecule has 0 spiro atoms. The maximum absolute atomic E-state index is 8.86. The quantitative estimate of drug-likeness (QED) is 0.781. The SMILES string of the molecule is N#Cc1ccnnc1OCCN1CCCCC1. The van der Waals surface area contributed by atoms with Crippen LogP contribution in [-0.2, 0) is 0 Å². The molecule has 0 unspecified atom stereocenters. The second kappa shape index (κ2) is 6.16. The normalized spacial score (nSPS) is 16.4. The van der Waals surface area contributed by atoms with Crippen LogP contribution in [0.2, 0.25) is 0 Å². The highest BCUT2D eigenvalue weighted by atomic mass is 16.5. The van der Waals surface area contributed by atoms with E-state index in [4.69, 9.17) is 10.00 Å². The standard InChI is InChI=1S/C12H16N4O/c13-10-11-4-5-14-15-12(11)17-9-8-16-6-2-1-3-7-16/h4-5H,1-3,6-9H2. The lowest BCUT2D eigenvalue weighted by atomic mass is 10.1. The Morgan fingerprint density at radius 3 is 2.94 bits per heavy atom. The zero-order valence-corrected chi connectivity index (χ0v) is 9.80. The number of likely N-dealkylation sites (tertiary alicyclic amines) is 1. The molecule has 1 fully saturated rings. The van der Waals surface area contributed by atoms with Crippen molar-refractivity contribution in [3.63, 3.8) is 0 Å². The molecule has 1 saturated heterocycles. The Bertz CT molecular complexity index is 396. The summed E-state index contributed by atoms with van der Waals surface area (Å²) in [5, 5.41) is 16.4. The molecule has 2 heterocycles. The van der Waals surface area contributed by atoms with Crippen LogP contribution in [0, 0.1) is 11.3 Å². The predicted octanol–water partition coefficient (Wildman–Crippen LogP) is 1.21. The second-order valence-electron chi connectivity index (χ2n) is 4.11. The van der Waals surface area contributed by atoms with Crippen LogP contribution in [0.3, 0.4) is 0 Å². The van der Waals surface area contributed by atoms with Gasteiger partial charge in [0.05, 0.1) is 6.20 Å². The van der Waals surface area contributed by atoms with Crippen molar-refractivity contribution in [2.24, 2.45) is 0 Å². The van der Waals surface area contributed by atoms with Gasteiger partial charge in [-0.2, -0.15) is 10.4 Å². The van der Waals surface area contributed by atoms with E-state index in [9.17, 15) is 0 Å². The van der Waals surface area contributed by atoms with E-state index < -0.39 is 0 Å². The lowest BCUT2D eigenvalue weighted by Crippen LogP contribution is -2.33. The molecule has 0 aliphatic carbocycles. The zero-order valence-electron chi connectivity index (χ0n) is 9.80. The average Bonchev–Trinajstić information content (AvgIpc) is 2.40. The molecule has 0 amide bonds. The Labute approximate surface area is 101 Å². The Kier molecular flexibility index (Phi) is 4.28. The van der Waals surface area contributed by atoms with Gasteiger partial charge in [-0.1, -0.05) is 6.42 Å². The first-order valence-corrected chi connectivity index (χ1v) is 5.97. The van der Waals surface area contributed by atoms with Gasteiger partial charge in [0.2, 0.25) is 0 Å². The number of ether oxygens (including phenoxy) is 1. The molecule has 5 heteroatoms. The Morgan fingerprint density at radius 1 is 1.35 bits per heavy atom. The molecule has 1 aliphatic heterocycles. The van der Waals surface area contributed by atoms with Gasteiger partial charge in [-0.25, -0.2) is 0 Å². The highest BCUT2D eigenvalue weighted by Gasteiger charge is 2.10. The summed E-state index contributed by atoms with van der Waals surface area (Å²) in [4.78, 5) is 2.38. The van der Waals surface area contributed by atoms with Crippen LogP contribution in [0.25, 0.3) is 0 Å². The van der Waals surface area contributed by atoms with Crippen LogP contribution in [0.15, 0.2) is 12.3 Å². The van der Waals surface area contributed by atoms with Crippen LogP contribution in [0.4, 0.5) is 0 Å². The number of hydrogen-bond donors (Lipinski definition) is 0. The fourth-order valence-corrected chi connectivity index (χ4v) is 1.96. The molecule has 0 saturated carbocycles. The molecule has 0 N–H and O–H groups in total. The largest absolute Gasteiger partial charge is 0.474 e. The number of rotatable bonds is 4. The van der Waals surface area contributed by atoms with Crippen molar-refractivity contribution in [3.05, 3.63) is 17.8 Å². The smallest absolute Gasteiger partial charge is 0.251 e. The first-order valence-electron chi connectivity index (χ1n) is 5.97. The topological polar surface area (TPSA) is 62.0 Å². The Hall–Kier alpha value is -1.67. The minimum absolute atomic E-state index is 0.340. The van der Waals surface area contributed by atoms with Crippen molar-refractivity contribution in [2.75, 3.05) is 26.2 Å². The summed E-state index contributed by atoms with van der Waals surface area (Å²) >= 11 is 0. The van der Waals surface area contributed by atoms with Gasteiger partial charge in [0.25, 0.3) is 5.88 Å². The lowest BCUT2D eigenvalue weighted by molar-refractivity contribution is 0.179. The van der Waals surface area contributed by atoms with Crippen molar-refractivity contribution in [3.8, 4) is 11.9 Å². The number of piperidine rings is 1. The van der Waals surface area contributed by atoms with E-state index in [1.54, 1.807) is 6.07 Å². The van der Waals surface area contributed by atoms with Gasteiger partial charge < -0.3 is 4.74 Å². The van der Waals surface area contributed by atoms with Crippen molar-refractivity contribution in [1.82, 2.24) is 15.1 Å². The van der Waals surface area contributed by atoms with Crippen molar-refractivity contribution in [1.29, 1.82) is 5.26 Å². The van der Waals surface area contributed by atoms with E-state index in [0.717, 1.165) is 19.6 Å². The van der Waals surface area contributed by atoms with Gasteiger partial charge in [-0.05, 0) is 32.0 Å². The third-order valence-corrected chi connectivity index (χ3v) is 2.90. The number of hydrogen-bond acceptors (Lipinski definition) is 5. The van der Waals surface area contributed by atoms with Crippen molar-refractivity contribution >= 4 is 0 Å². The van der Waals surface area contributed by atoms with Crippen molar-refractivity contribution in [2.45, 2.75) is 19.3 Å². The van der Waals surface area contributed by atoms with Crippen LogP contribution in [-0.4, -0.2) is 41.3 Å². The summed E-state index contributed by atoms with van der Waals surface area (Å²) in [6.07, 6.45) is 5.37. The minimum Gasteiger partial charge on any atom is -0.474 e. The van der Waals surface area contributed by atoms with Crippen molar-refractivity contribution < 1.29 is 4.74 Å². The van der Waals surface area contributed by atoms with Gasteiger partial charge in [-0.3, -0.25) is 4.90 Å². The van der Waals surface area contributed by atoms with Gasteiger partial charge in [0, 0.05) is 6.54 Å². The van der Waals surface area contributed by atoms with E-state index in [1.165, 1.54) is 25.5 Å². The van der Waals surface area contributed by atoms with Crippen LogP contribution in [0.1, 0.15) is 24.8 Å². The van der Waals surface area contributed by atoms with Gasteiger partial charge in [0.1, 0.15) is 18.2 Å². The Morgan fingerprint density at radius 2 is 2.18 bits per heavy atom. The molecule has 0 aromatic carbocycles. The van der Waals surface area contributed by atoms with E-state index in [1.807, 2.05) is 6.07 Å². The van der Waals surface area contributed by atoms with Gasteiger partial charge >= 0.3 is 0 Å². The summed E-state index contributed by atoms with van der Waals surface area (Å²) in [5.74, 6) is 0.340. The highest BCUT2D eigenvalue weighted by molar-refractivity contribution is 5.35. The molecule has 1 aromatic rings. The fourth-order valence-electron chi connectivity index (χ4n) is 1.96. The first-order chi connectivity index (χ1) is 8.40. The fraction of sp³-hybridized carbons (Fsp3) is 0.583. The van der Waals surface area contributed by atoms with Crippen LogP contribution < -0.4 is 4.74 Å². The predicted molar refractivity (Wildman–Crippen MR) is 62.5 cm³/mol. The number of nitrogens with zero attached hydrogens (tertiary/aromatic N) is 4. The molecule has 2 rings (SSSR count). The maximum atomic E-state index is 8.86. The summed E-state index contributed by atoms with van der Waals surface area (Å²) in [6, 6.07) is 3.66. The molecule has 0 radical (unpaired) electrons. The summed E-state index contributed by atoms with van der Waals surface area (Å²) < 4.78 is 5.49. The number of aromatic nitrogens is 2. The molecule has 5 nitrogen and oxygen atoms in total. The summed E-state index contributed by atoms with van der Waals surface area (Å²) in [6.45, 7) is 3.75. The molecule has 0 bridgehead atoms. The molecule has 1 aromatic heterocycles. The third kappa shape index (κ3) is 3.40. The molecule has 0 atom stereocenters. The van der Waals surface area contributed by atoms with Gasteiger partial charge in [-0.15, -0.1) is 5.10 Å². The first kappa shape index (κ1) is 11.8. The lowest BCUT2D eigenvalue weighted by Gasteiger charge is -2.25. The molecular weight excluding hydrogens is 216 g/mol. The summed E-state index contributed by atoms with van der Waals surface area (Å²) in [7, 11) is 0. The summed E-state index contributed by atoms with van der Waals surface area (Å²) in [5.41, 5.74) is 0.443. The van der Waals surface area contributed by atoms with E-state index >= 15 is 0 Å². The second-order valence-corrected chi connectivity index (χ2v) is 4.11. The third-order valence-electron chi connectivity index (χ3n) is 2.90. The maximum Gasteiger partial charge on any atom is 0.251 e. The number of nitriles is 1. The molecular formula is C12H16N4O. The monoisotopic (exact) mass is 232 g/mol. The highest BCUT2D eigenvalue weighted by Crippen LogP contribution is 2.12. The zero-order chi connectivity index (χ0) is 11.9. The van der Waals surface area contributed by atoms with E-state index in [-0.39, 0.29) is 0 Å². The average molecular weight is 232 g/mol.